The van der Waals surface area contributed by atoms with Crippen LogP contribution in [0.4, 0.5) is 10.1 Å². The van der Waals surface area contributed by atoms with Crippen LogP contribution in [-0.4, -0.2) is 39.8 Å². The van der Waals surface area contributed by atoms with E-state index in [0.717, 1.165) is 6.07 Å². The minimum absolute atomic E-state index is 0.0335. The molecule has 0 aromatic heterocycles. The van der Waals surface area contributed by atoms with E-state index in [4.69, 9.17) is 4.74 Å². The third-order valence-corrected chi connectivity index (χ3v) is 4.53. The molecule has 2 rings (SSSR count). The zero-order valence-corrected chi connectivity index (χ0v) is 12.2. The monoisotopic (exact) mass is 316 g/mol. The van der Waals surface area contributed by atoms with Crippen molar-refractivity contribution in [1.29, 1.82) is 0 Å². The molecule has 1 atom stereocenters. The lowest BCUT2D eigenvalue weighted by Crippen LogP contribution is -2.36. The summed E-state index contributed by atoms with van der Waals surface area (Å²) in [6, 6.07) is 5.38. The summed E-state index contributed by atoms with van der Waals surface area (Å²) in [6.45, 7) is 0.614. The van der Waals surface area contributed by atoms with E-state index in [1.54, 1.807) is 0 Å². The van der Waals surface area contributed by atoms with Crippen molar-refractivity contribution >= 4 is 21.6 Å². The highest BCUT2D eigenvalue weighted by molar-refractivity contribution is 7.89. The summed E-state index contributed by atoms with van der Waals surface area (Å²) in [5, 5.41) is 2.42. The molecule has 1 fully saturated rings. The molecule has 6 nitrogen and oxygen atoms in total. The van der Waals surface area contributed by atoms with Crippen molar-refractivity contribution < 1.29 is 22.3 Å². The maximum absolute atomic E-state index is 12.9. The fraction of sp³-hybridized carbons (Fsp3) is 0.462. The predicted molar refractivity (Wildman–Crippen MR) is 75.7 cm³/mol. The van der Waals surface area contributed by atoms with Gasteiger partial charge in [-0.2, -0.15) is 0 Å². The van der Waals surface area contributed by atoms with Crippen LogP contribution in [0.2, 0.25) is 0 Å². The quantitative estimate of drug-likeness (QED) is 0.810. The highest BCUT2D eigenvalue weighted by Crippen LogP contribution is 2.14. The number of amides is 1. The number of benzene rings is 1. The molecular weight excluding hydrogens is 299 g/mol. The summed E-state index contributed by atoms with van der Waals surface area (Å²) < 4.78 is 43.9. The first-order chi connectivity index (χ1) is 9.94. The first-order valence-electron chi connectivity index (χ1n) is 6.55. The fourth-order valence-corrected chi connectivity index (χ4v) is 3.38. The van der Waals surface area contributed by atoms with Crippen LogP contribution in [0.25, 0.3) is 0 Å². The standard InChI is InChI=1S/C13H17FN2O4S/c14-11-2-1-3-12(6-11)16-13(17)7-15-21(18,19)9-10-4-5-20-8-10/h1-3,6,10,15H,4-5,7-9H2,(H,16,17)/t10-/m0/s1. The number of ether oxygens (including phenoxy) is 1. The van der Waals surface area contributed by atoms with Gasteiger partial charge in [0, 0.05) is 12.3 Å². The normalized spacial score (nSPS) is 18.6. The number of hydrogen-bond donors (Lipinski definition) is 2. The van der Waals surface area contributed by atoms with Gasteiger partial charge in [0.25, 0.3) is 0 Å². The Kier molecular flexibility index (Phi) is 5.27. The summed E-state index contributed by atoms with van der Waals surface area (Å²) in [7, 11) is -3.53. The molecular formula is C13H17FN2O4S. The Morgan fingerprint density at radius 3 is 2.90 bits per heavy atom. The minimum Gasteiger partial charge on any atom is -0.381 e. The van der Waals surface area contributed by atoms with E-state index >= 15 is 0 Å². The van der Waals surface area contributed by atoms with Crippen molar-refractivity contribution in [2.75, 3.05) is 30.8 Å². The lowest BCUT2D eigenvalue weighted by atomic mass is 10.2. The zero-order valence-electron chi connectivity index (χ0n) is 11.3. The Balaban J connectivity index is 1.80. The second-order valence-electron chi connectivity index (χ2n) is 4.89. The highest BCUT2D eigenvalue weighted by atomic mass is 32.2. The lowest BCUT2D eigenvalue weighted by Gasteiger charge is -2.10. The molecule has 1 aliphatic rings. The van der Waals surface area contributed by atoms with Gasteiger partial charge in [-0.05, 0) is 30.5 Å². The van der Waals surface area contributed by atoms with Crippen LogP contribution in [-0.2, 0) is 19.6 Å². The molecule has 1 aromatic rings. The lowest BCUT2D eigenvalue weighted by molar-refractivity contribution is -0.115. The average molecular weight is 316 g/mol. The van der Waals surface area contributed by atoms with Crippen molar-refractivity contribution in [2.45, 2.75) is 6.42 Å². The van der Waals surface area contributed by atoms with Gasteiger partial charge in [-0.1, -0.05) is 6.07 Å². The van der Waals surface area contributed by atoms with Crippen molar-refractivity contribution in [2.24, 2.45) is 5.92 Å². The van der Waals surface area contributed by atoms with Gasteiger partial charge in [-0.15, -0.1) is 0 Å². The number of halogens is 1. The van der Waals surface area contributed by atoms with Crippen molar-refractivity contribution in [1.82, 2.24) is 4.72 Å². The van der Waals surface area contributed by atoms with Gasteiger partial charge >= 0.3 is 0 Å². The maximum atomic E-state index is 12.9. The molecule has 1 amide bonds. The van der Waals surface area contributed by atoms with Gasteiger partial charge in [-0.3, -0.25) is 4.79 Å². The largest absolute Gasteiger partial charge is 0.381 e. The van der Waals surface area contributed by atoms with Crippen molar-refractivity contribution in [3.63, 3.8) is 0 Å². The molecule has 8 heteroatoms. The van der Waals surface area contributed by atoms with Crippen LogP contribution in [0.3, 0.4) is 0 Å². The SMILES string of the molecule is O=C(CNS(=O)(=O)C[C@H]1CCOC1)Nc1cccc(F)c1. The molecule has 0 unspecified atom stereocenters. The highest BCUT2D eigenvalue weighted by Gasteiger charge is 2.23. The summed E-state index contributed by atoms with van der Waals surface area (Å²) in [5.41, 5.74) is 0.281. The Morgan fingerprint density at radius 2 is 2.24 bits per heavy atom. The number of rotatable bonds is 6. The summed E-state index contributed by atoms with van der Waals surface area (Å²) in [5.74, 6) is -1.12. The van der Waals surface area contributed by atoms with E-state index in [9.17, 15) is 17.6 Å². The van der Waals surface area contributed by atoms with Crippen LogP contribution >= 0.6 is 0 Å². The van der Waals surface area contributed by atoms with Crippen LogP contribution in [0.15, 0.2) is 24.3 Å². The number of anilines is 1. The summed E-state index contributed by atoms with van der Waals surface area (Å²) in [4.78, 5) is 11.6. The Hall–Kier alpha value is -1.51. The van der Waals surface area contributed by atoms with E-state index < -0.39 is 21.7 Å². The third kappa shape index (κ3) is 5.41. The first-order valence-corrected chi connectivity index (χ1v) is 8.20. The molecule has 0 bridgehead atoms. The van der Waals surface area contributed by atoms with Gasteiger partial charge in [0.05, 0.1) is 18.9 Å². The molecule has 1 aromatic carbocycles. The molecule has 1 heterocycles. The van der Waals surface area contributed by atoms with Crippen molar-refractivity contribution in [3.8, 4) is 0 Å². The van der Waals surface area contributed by atoms with Gasteiger partial charge in [0.1, 0.15) is 5.82 Å². The van der Waals surface area contributed by atoms with Gasteiger partial charge < -0.3 is 10.1 Å². The number of carbonyl (C=O) groups is 1. The minimum atomic E-state index is -3.53. The zero-order chi connectivity index (χ0) is 15.3. The third-order valence-electron chi connectivity index (χ3n) is 3.04. The molecule has 0 aliphatic carbocycles. The van der Waals surface area contributed by atoms with E-state index in [-0.39, 0.29) is 23.9 Å². The van der Waals surface area contributed by atoms with Crippen LogP contribution in [0, 0.1) is 11.7 Å². The topological polar surface area (TPSA) is 84.5 Å². The number of hydrogen-bond acceptors (Lipinski definition) is 4. The second kappa shape index (κ2) is 6.97. The molecule has 21 heavy (non-hydrogen) atoms. The van der Waals surface area contributed by atoms with E-state index in [1.807, 2.05) is 0 Å². The number of sulfonamides is 1. The summed E-state index contributed by atoms with van der Waals surface area (Å²) in [6.07, 6.45) is 0.705. The van der Waals surface area contributed by atoms with Crippen LogP contribution in [0.5, 0.6) is 0 Å². The smallest absolute Gasteiger partial charge is 0.239 e. The summed E-state index contributed by atoms with van der Waals surface area (Å²) >= 11 is 0. The van der Waals surface area contributed by atoms with E-state index in [0.29, 0.717) is 19.6 Å². The molecule has 0 saturated carbocycles. The van der Waals surface area contributed by atoms with Gasteiger partial charge in [0.15, 0.2) is 0 Å². The number of nitrogens with one attached hydrogen (secondary N) is 2. The van der Waals surface area contributed by atoms with Crippen LogP contribution in [0.1, 0.15) is 6.42 Å². The Morgan fingerprint density at radius 1 is 1.43 bits per heavy atom. The second-order valence-corrected chi connectivity index (χ2v) is 6.74. The maximum Gasteiger partial charge on any atom is 0.239 e. The number of carbonyl (C=O) groups excluding carboxylic acids is 1. The molecule has 0 radical (unpaired) electrons. The average Bonchev–Trinajstić information content (AvgIpc) is 2.89. The Labute approximate surface area is 122 Å². The first kappa shape index (κ1) is 15.9. The van der Waals surface area contributed by atoms with Crippen molar-refractivity contribution in [3.05, 3.63) is 30.1 Å². The molecule has 1 aliphatic heterocycles. The van der Waals surface area contributed by atoms with E-state index in [2.05, 4.69) is 10.0 Å². The molecule has 0 spiro atoms. The Bertz CT molecular complexity index is 600. The van der Waals surface area contributed by atoms with Gasteiger partial charge in [-0.25, -0.2) is 17.5 Å². The molecule has 116 valence electrons. The van der Waals surface area contributed by atoms with Gasteiger partial charge in [0.2, 0.25) is 15.9 Å². The fourth-order valence-electron chi connectivity index (χ4n) is 2.03. The predicted octanol–water partition coefficient (Wildman–Crippen LogP) is 0.720. The van der Waals surface area contributed by atoms with Crippen LogP contribution < -0.4 is 10.0 Å². The van der Waals surface area contributed by atoms with E-state index in [1.165, 1.54) is 18.2 Å². The molecule has 2 N–H and O–H groups in total. The molecule has 1 saturated heterocycles.